The molecular weight excluding hydrogens is 286 g/mol. The molecule has 0 spiro atoms. The molecule has 1 saturated heterocycles. The van der Waals surface area contributed by atoms with Crippen LogP contribution in [0.4, 0.5) is 0 Å². The van der Waals surface area contributed by atoms with Crippen molar-refractivity contribution >= 4 is 11.9 Å². The zero-order valence-electron chi connectivity index (χ0n) is 12.8. The summed E-state index contributed by atoms with van der Waals surface area (Å²) in [5.74, 6) is -0.974. The fourth-order valence-electron chi connectivity index (χ4n) is 2.10. The number of nitrogens with one attached hydrogen (secondary N) is 1. The van der Waals surface area contributed by atoms with E-state index in [0.717, 1.165) is 19.4 Å². The standard InChI is InChI=1S/C16H21NO5/c1-16(2,15(19)20)17-14(18)11-5-3-6-12(9-11)22-10-13-7-4-8-21-13/h3,5-6,9,13H,4,7-8,10H2,1-2H3,(H,17,18)(H,19,20)/t13-/m0/s1. The first-order valence-electron chi connectivity index (χ1n) is 7.29. The lowest BCUT2D eigenvalue weighted by Gasteiger charge is -2.21. The predicted molar refractivity (Wildman–Crippen MR) is 80.1 cm³/mol. The molecule has 6 heteroatoms. The maximum Gasteiger partial charge on any atom is 0.328 e. The van der Waals surface area contributed by atoms with Gasteiger partial charge in [-0.3, -0.25) is 4.79 Å². The number of benzene rings is 1. The average molecular weight is 307 g/mol. The van der Waals surface area contributed by atoms with Gasteiger partial charge in [0.2, 0.25) is 0 Å². The number of aliphatic carboxylic acids is 1. The zero-order valence-corrected chi connectivity index (χ0v) is 12.8. The molecule has 0 unspecified atom stereocenters. The third kappa shape index (κ3) is 4.21. The quantitative estimate of drug-likeness (QED) is 0.837. The Labute approximate surface area is 129 Å². The highest BCUT2D eigenvalue weighted by Crippen LogP contribution is 2.17. The van der Waals surface area contributed by atoms with Crippen LogP contribution in [-0.2, 0) is 9.53 Å². The van der Waals surface area contributed by atoms with Crippen molar-refractivity contribution in [2.75, 3.05) is 13.2 Å². The number of carboxylic acids is 1. The fraction of sp³-hybridized carbons (Fsp3) is 0.500. The Bertz CT molecular complexity index is 549. The van der Waals surface area contributed by atoms with Crippen molar-refractivity contribution in [2.24, 2.45) is 0 Å². The molecule has 0 aliphatic carbocycles. The minimum Gasteiger partial charge on any atom is -0.491 e. The van der Waals surface area contributed by atoms with Gasteiger partial charge in [-0.1, -0.05) is 6.07 Å². The summed E-state index contributed by atoms with van der Waals surface area (Å²) < 4.78 is 11.1. The van der Waals surface area contributed by atoms with Gasteiger partial charge in [0.15, 0.2) is 0 Å². The van der Waals surface area contributed by atoms with E-state index in [-0.39, 0.29) is 6.10 Å². The molecular formula is C16H21NO5. The summed E-state index contributed by atoms with van der Waals surface area (Å²) in [5, 5.41) is 11.5. The molecule has 0 bridgehead atoms. The molecule has 120 valence electrons. The molecule has 1 heterocycles. The Morgan fingerprint density at radius 2 is 2.23 bits per heavy atom. The second kappa shape index (κ2) is 6.79. The highest BCUT2D eigenvalue weighted by Gasteiger charge is 2.29. The summed E-state index contributed by atoms with van der Waals surface area (Å²) in [6.07, 6.45) is 2.12. The van der Waals surface area contributed by atoms with Gasteiger partial charge >= 0.3 is 5.97 Å². The van der Waals surface area contributed by atoms with Crippen LogP contribution in [0.25, 0.3) is 0 Å². The fourth-order valence-corrected chi connectivity index (χ4v) is 2.10. The van der Waals surface area contributed by atoms with Crippen molar-refractivity contribution in [3.63, 3.8) is 0 Å². The van der Waals surface area contributed by atoms with Gasteiger partial charge < -0.3 is 19.9 Å². The van der Waals surface area contributed by atoms with Crippen molar-refractivity contribution < 1.29 is 24.2 Å². The van der Waals surface area contributed by atoms with Gasteiger partial charge in [-0.2, -0.15) is 0 Å². The smallest absolute Gasteiger partial charge is 0.328 e. The van der Waals surface area contributed by atoms with E-state index in [9.17, 15) is 9.59 Å². The molecule has 2 rings (SSSR count). The van der Waals surface area contributed by atoms with Gasteiger partial charge in [-0.15, -0.1) is 0 Å². The second-order valence-electron chi connectivity index (χ2n) is 5.86. The van der Waals surface area contributed by atoms with E-state index < -0.39 is 17.4 Å². The SMILES string of the molecule is CC(C)(NC(=O)c1cccc(OC[C@@H]2CCCO2)c1)C(=O)O. The van der Waals surface area contributed by atoms with Crippen molar-refractivity contribution in [1.82, 2.24) is 5.32 Å². The highest BCUT2D eigenvalue weighted by atomic mass is 16.5. The van der Waals surface area contributed by atoms with Gasteiger partial charge in [0.1, 0.15) is 17.9 Å². The molecule has 1 fully saturated rings. The van der Waals surface area contributed by atoms with Gasteiger partial charge in [0.05, 0.1) is 6.10 Å². The summed E-state index contributed by atoms with van der Waals surface area (Å²) in [7, 11) is 0. The predicted octanol–water partition coefficient (Wildman–Crippen LogP) is 1.84. The van der Waals surface area contributed by atoms with E-state index in [2.05, 4.69) is 5.32 Å². The molecule has 1 atom stereocenters. The van der Waals surface area contributed by atoms with Crippen LogP contribution < -0.4 is 10.1 Å². The number of carbonyl (C=O) groups excluding carboxylic acids is 1. The molecule has 1 amide bonds. The maximum atomic E-state index is 12.1. The Balaban J connectivity index is 1.98. The van der Waals surface area contributed by atoms with Crippen molar-refractivity contribution in [3.8, 4) is 5.75 Å². The highest BCUT2D eigenvalue weighted by molar-refractivity contribution is 5.97. The average Bonchev–Trinajstić information content (AvgIpc) is 2.98. The molecule has 2 N–H and O–H groups in total. The molecule has 0 saturated carbocycles. The Morgan fingerprint density at radius 3 is 2.86 bits per heavy atom. The second-order valence-corrected chi connectivity index (χ2v) is 5.86. The molecule has 1 aliphatic rings. The van der Waals surface area contributed by atoms with E-state index in [0.29, 0.717) is 17.9 Å². The van der Waals surface area contributed by atoms with Crippen LogP contribution in [0.5, 0.6) is 5.75 Å². The number of carboxylic acid groups (broad SMARTS) is 1. The van der Waals surface area contributed by atoms with Gasteiger partial charge in [-0.05, 0) is 44.9 Å². The molecule has 0 aromatic heterocycles. The van der Waals surface area contributed by atoms with Crippen LogP contribution in [0.2, 0.25) is 0 Å². The van der Waals surface area contributed by atoms with E-state index in [4.69, 9.17) is 14.6 Å². The summed E-state index contributed by atoms with van der Waals surface area (Å²) in [4.78, 5) is 23.2. The molecule has 22 heavy (non-hydrogen) atoms. The van der Waals surface area contributed by atoms with Crippen LogP contribution in [0, 0.1) is 0 Å². The van der Waals surface area contributed by atoms with Crippen molar-refractivity contribution in [1.29, 1.82) is 0 Å². The number of rotatable bonds is 6. The van der Waals surface area contributed by atoms with Crippen LogP contribution in [0.1, 0.15) is 37.0 Å². The minimum absolute atomic E-state index is 0.100. The Hall–Kier alpha value is -2.08. The van der Waals surface area contributed by atoms with Gasteiger partial charge in [0.25, 0.3) is 5.91 Å². The number of carbonyl (C=O) groups is 2. The summed E-state index contributed by atoms with van der Waals surface area (Å²) in [6, 6.07) is 6.68. The first-order chi connectivity index (χ1) is 10.4. The molecule has 1 aliphatic heterocycles. The molecule has 6 nitrogen and oxygen atoms in total. The largest absolute Gasteiger partial charge is 0.491 e. The lowest BCUT2D eigenvalue weighted by atomic mass is 10.1. The van der Waals surface area contributed by atoms with Gasteiger partial charge in [-0.25, -0.2) is 4.79 Å². The van der Waals surface area contributed by atoms with E-state index in [1.54, 1.807) is 24.3 Å². The monoisotopic (exact) mass is 307 g/mol. The van der Waals surface area contributed by atoms with E-state index in [1.165, 1.54) is 13.8 Å². The van der Waals surface area contributed by atoms with Crippen molar-refractivity contribution in [2.45, 2.75) is 38.3 Å². The molecule has 1 aromatic rings. The number of hydrogen-bond acceptors (Lipinski definition) is 4. The minimum atomic E-state index is -1.33. The third-order valence-electron chi connectivity index (χ3n) is 3.52. The Kier molecular flexibility index (Phi) is 5.03. The summed E-state index contributed by atoms with van der Waals surface area (Å²) >= 11 is 0. The number of amides is 1. The third-order valence-corrected chi connectivity index (χ3v) is 3.52. The first kappa shape index (κ1) is 16.3. The van der Waals surface area contributed by atoms with Crippen LogP contribution in [0.15, 0.2) is 24.3 Å². The number of hydrogen-bond donors (Lipinski definition) is 2. The van der Waals surface area contributed by atoms with Crippen LogP contribution in [0.3, 0.4) is 0 Å². The zero-order chi connectivity index (χ0) is 16.2. The molecule has 0 radical (unpaired) electrons. The maximum absolute atomic E-state index is 12.1. The van der Waals surface area contributed by atoms with Gasteiger partial charge in [0, 0.05) is 12.2 Å². The summed E-state index contributed by atoms with van der Waals surface area (Å²) in [6.45, 7) is 4.09. The topological polar surface area (TPSA) is 84.9 Å². The van der Waals surface area contributed by atoms with E-state index >= 15 is 0 Å². The van der Waals surface area contributed by atoms with E-state index in [1.807, 2.05) is 0 Å². The van der Waals surface area contributed by atoms with Crippen molar-refractivity contribution in [3.05, 3.63) is 29.8 Å². The lowest BCUT2D eigenvalue weighted by molar-refractivity contribution is -0.143. The molecule has 1 aromatic carbocycles. The summed E-state index contributed by atoms with van der Waals surface area (Å²) in [5.41, 5.74) is -0.967. The number of ether oxygens (including phenoxy) is 2. The Morgan fingerprint density at radius 1 is 1.45 bits per heavy atom. The van der Waals surface area contributed by atoms with Crippen LogP contribution in [-0.4, -0.2) is 41.8 Å². The lowest BCUT2D eigenvalue weighted by Crippen LogP contribution is -2.49. The normalized spacial score (nSPS) is 18.0. The first-order valence-corrected chi connectivity index (χ1v) is 7.29. The van der Waals surface area contributed by atoms with Crippen LogP contribution >= 0.6 is 0 Å².